The number of hydrogen-bond acceptors (Lipinski definition) is 6. The number of nitrogens with zero attached hydrogens (tertiary/aromatic N) is 3. The first-order valence-corrected chi connectivity index (χ1v) is 14.4. The van der Waals surface area contributed by atoms with E-state index in [2.05, 4.69) is 20.6 Å². The molecule has 0 unspecified atom stereocenters. The Labute approximate surface area is 260 Å². The normalized spacial score (nSPS) is 12.0. The molecule has 2 aromatic carbocycles. The highest BCUT2D eigenvalue weighted by atomic mass is 35.5. The Hall–Kier alpha value is -4.23. The fourth-order valence-corrected chi connectivity index (χ4v) is 4.41. The third kappa shape index (κ3) is 12.7. The molecule has 0 aromatic heterocycles. The molecule has 2 rings (SSSR count). The lowest BCUT2D eigenvalue weighted by atomic mass is 10.0. The third-order valence-electron chi connectivity index (χ3n) is 6.35. The Kier molecular flexibility index (Phi) is 14.4. The van der Waals surface area contributed by atoms with Crippen molar-refractivity contribution in [3.8, 4) is 5.75 Å². The molecule has 0 aliphatic heterocycles. The summed E-state index contributed by atoms with van der Waals surface area (Å²) >= 11 is 12.1. The minimum atomic E-state index is -1.05. The molecule has 0 aliphatic carbocycles. The van der Waals surface area contributed by atoms with Crippen molar-refractivity contribution in [3.63, 3.8) is 0 Å². The van der Waals surface area contributed by atoms with Gasteiger partial charge in [0.05, 0.1) is 16.6 Å². The van der Waals surface area contributed by atoms with E-state index in [0.717, 1.165) is 5.56 Å². The summed E-state index contributed by atoms with van der Waals surface area (Å²) in [6, 6.07) is 9.40. The molecule has 0 fully saturated rings. The van der Waals surface area contributed by atoms with Crippen LogP contribution in [-0.2, 0) is 27.2 Å². The summed E-state index contributed by atoms with van der Waals surface area (Å²) in [5, 5.41) is 15.7. The molecule has 0 radical (unpaired) electrons. The van der Waals surface area contributed by atoms with E-state index >= 15 is 0 Å². The minimum absolute atomic E-state index is 0.0645. The van der Waals surface area contributed by atoms with Crippen LogP contribution in [0.15, 0.2) is 52.4 Å². The van der Waals surface area contributed by atoms with Crippen LogP contribution >= 0.6 is 23.2 Å². The molecule has 234 valence electrons. The zero-order chi connectivity index (χ0) is 31.9. The van der Waals surface area contributed by atoms with Crippen LogP contribution in [0.4, 0.5) is 0 Å². The summed E-state index contributed by atoms with van der Waals surface area (Å²) < 4.78 is 0. The van der Waals surface area contributed by atoms with E-state index in [4.69, 9.17) is 46.1 Å². The third-order valence-corrected chi connectivity index (χ3v) is 7.09. The molecule has 2 atom stereocenters. The van der Waals surface area contributed by atoms with Crippen LogP contribution in [0.1, 0.15) is 30.9 Å². The van der Waals surface area contributed by atoms with Crippen molar-refractivity contribution in [2.75, 3.05) is 26.2 Å². The van der Waals surface area contributed by atoms with E-state index in [9.17, 15) is 19.5 Å². The molecule has 0 saturated carbocycles. The minimum Gasteiger partial charge on any atom is -0.508 e. The number of carbonyl (C=O) groups excluding carboxylic acids is 3. The lowest BCUT2D eigenvalue weighted by Crippen LogP contribution is -2.52. The molecule has 15 heteroatoms. The lowest BCUT2D eigenvalue weighted by Gasteiger charge is -2.23. The van der Waals surface area contributed by atoms with Gasteiger partial charge in [0, 0.05) is 26.1 Å². The second-order valence-electron chi connectivity index (χ2n) is 9.64. The van der Waals surface area contributed by atoms with E-state index in [-0.39, 0.29) is 49.5 Å². The maximum Gasteiger partial charge on any atom is 0.245 e. The van der Waals surface area contributed by atoms with E-state index in [1.165, 1.54) is 12.1 Å². The number of likely N-dealkylation sites (N-methyl/N-ethyl adjacent to an activating group) is 1. The molecule has 0 saturated heterocycles. The van der Waals surface area contributed by atoms with Gasteiger partial charge in [-0.2, -0.15) is 0 Å². The van der Waals surface area contributed by atoms with Crippen LogP contribution in [0.3, 0.4) is 0 Å². The Morgan fingerprint density at radius 3 is 2.23 bits per heavy atom. The molecule has 43 heavy (non-hydrogen) atoms. The van der Waals surface area contributed by atoms with Gasteiger partial charge in [0.15, 0.2) is 11.9 Å². The van der Waals surface area contributed by atoms with Crippen molar-refractivity contribution in [1.29, 1.82) is 0 Å². The van der Waals surface area contributed by atoms with Gasteiger partial charge in [-0.1, -0.05) is 41.4 Å². The topological polar surface area (TPSA) is 228 Å². The van der Waals surface area contributed by atoms with Crippen LogP contribution in [0.5, 0.6) is 5.75 Å². The second kappa shape index (κ2) is 17.7. The number of phenolic OH excluding ortho intramolecular Hbond substituents is 1. The second-order valence-corrected chi connectivity index (χ2v) is 10.5. The number of amides is 3. The molecule has 0 aliphatic rings. The smallest absolute Gasteiger partial charge is 0.245 e. The lowest BCUT2D eigenvalue weighted by molar-refractivity contribution is -0.134. The summed E-state index contributed by atoms with van der Waals surface area (Å²) in [4.78, 5) is 48.9. The van der Waals surface area contributed by atoms with E-state index in [1.54, 1.807) is 29.2 Å². The standard InChI is InChI=1S/C28H39Cl2N9O4/c1-2-39(13-11-18-7-10-20(29)21(30)14-18)24(41)16-36-25(42)22(4-3-12-35-27(31)32)37-26(43)23(38-28(33)34)15-17-5-8-19(40)9-6-17/h5-10,14,22-23,40H,2-4,11-13,15-16H2,1H3,(H,36,42)(H,37,43)(H4,31,32,35)(H4,33,34,38)/t22-,23+/m1/s1. The summed E-state index contributed by atoms with van der Waals surface area (Å²) in [6.45, 7) is 2.61. The Balaban J connectivity index is 2.08. The van der Waals surface area contributed by atoms with Crippen LogP contribution in [0.25, 0.3) is 0 Å². The number of rotatable bonds is 16. The van der Waals surface area contributed by atoms with Crippen molar-refractivity contribution in [2.24, 2.45) is 32.9 Å². The highest BCUT2D eigenvalue weighted by Crippen LogP contribution is 2.23. The monoisotopic (exact) mass is 635 g/mol. The molecule has 0 spiro atoms. The molecule has 0 bridgehead atoms. The van der Waals surface area contributed by atoms with Crippen molar-refractivity contribution in [1.82, 2.24) is 15.5 Å². The number of carbonyl (C=O) groups is 3. The molecular weight excluding hydrogens is 597 g/mol. The number of nitrogens with two attached hydrogens (primary N) is 4. The van der Waals surface area contributed by atoms with Crippen molar-refractivity contribution in [3.05, 3.63) is 63.6 Å². The summed E-state index contributed by atoms with van der Waals surface area (Å²) in [5.41, 5.74) is 23.5. The fraction of sp³-hybridized carbons (Fsp3) is 0.393. The number of aromatic hydroxyl groups is 1. The number of halogens is 2. The van der Waals surface area contributed by atoms with Gasteiger partial charge < -0.3 is 43.6 Å². The number of guanidine groups is 2. The van der Waals surface area contributed by atoms with Gasteiger partial charge in [0.2, 0.25) is 17.7 Å². The SMILES string of the molecule is CCN(CCc1ccc(Cl)c(Cl)c1)C(=O)CNC(=O)[C@@H](CCCN=C(N)N)NC(=O)[C@H](Cc1ccc(O)cc1)N=C(N)N. The Morgan fingerprint density at radius 1 is 0.953 bits per heavy atom. The number of phenols is 1. The highest BCUT2D eigenvalue weighted by Gasteiger charge is 2.26. The van der Waals surface area contributed by atoms with Crippen molar-refractivity contribution >= 4 is 52.8 Å². The van der Waals surface area contributed by atoms with Crippen LogP contribution in [0.2, 0.25) is 10.0 Å². The van der Waals surface area contributed by atoms with Gasteiger partial charge in [-0.25, -0.2) is 4.99 Å². The summed E-state index contributed by atoms with van der Waals surface area (Å²) in [7, 11) is 0. The van der Waals surface area contributed by atoms with Gasteiger partial charge in [-0.15, -0.1) is 0 Å². The van der Waals surface area contributed by atoms with Gasteiger partial charge in [0.1, 0.15) is 17.8 Å². The average molecular weight is 637 g/mol. The number of nitrogens with one attached hydrogen (secondary N) is 2. The van der Waals surface area contributed by atoms with Crippen LogP contribution < -0.4 is 33.6 Å². The summed E-state index contributed by atoms with van der Waals surface area (Å²) in [5.74, 6) is -1.81. The van der Waals surface area contributed by atoms with Crippen LogP contribution in [0, 0.1) is 0 Å². The fourth-order valence-electron chi connectivity index (χ4n) is 4.09. The van der Waals surface area contributed by atoms with Gasteiger partial charge >= 0.3 is 0 Å². The van der Waals surface area contributed by atoms with Crippen molar-refractivity contribution < 1.29 is 19.5 Å². The van der Waals surface area contributed by atoms with E-state index < -0.39 is 23.9 Å². The van der Waals surface area contributed by atoms with Crippen molar-refractivity contribution in [2.45, 2.75) is 44.7 Å². The zero-order valence-corrected chi connectivity index (χ0v) is 25.4. The van der Waals surface area contributed by atoms with Crippen LogP contribution in [-0.4, -0.2) is 77.9 Å². The first-order valence-electron chi connectivity index (χ1n) is 13.6. The maximum absolute atomic E-state index is 13.2. The number of aliphatic imine (C=N–C) groups is 2. The van der Waals surface area contributed by atoms with E-state index in [0.29, 0.717) is 41.5 Å². The summed E-state index contributed by atoms with van der Waals surface area (Å²) in [6.07, 6.45) is 1.18. The van der Waals surface area contributed by atoms with Gasteiger partial charge in [-0.3, -0.25) is 19.4 Å². The Bertz CT molecular complexity index is 1300. The molecule has 2 aromatic rings. The molecule has 13 nitrogen and oxygen atoms in total. The molecule has 11 N–H and O–H groups in total. The van der Waals surface area contributed by atoms with Gasteiger partial charge in [-0.05, 0) is 61.6 Å². The molecule has 0 heterocycles. The first-order chi connectivity index (χ1) is 20.4. The predicted octanol–water partition coefficient (Wildman–Crippen LogP) is 0.629. The number of hydrogen-bond donors (Lipinski definition) is 7. The largest absolute Gasteiger partial charge is 0.508 e. The van der Waals surface area contributed by atoms with E-state index in [1.807, 2.05) is 13.0 Å². The Morgan fingerprint density at radius 2 is 1.63 bits per heavy atom. The quantitative estimate of drug-likeness (QED) is 0.0783. The molecule has 3 amide bonds. The predicted molar refractivity (Wildman–Crippen MR) is 169 cm³/mol. The average Bonchev–Trinajstić information content (AvgIpc) is 2.95. The molecular formula is C28H39Cl2N9O4. The first kappa shape index (κ1) is 35.0. The zero-order valence-electron chi connectivity index (χ0n) is 23.9. The number of benzene rings is 2. The highest BCUT2D eigenvalue weighted by molar-refractivity contribution is 6.42. The maximum atomic E-state index is 13.2. The van der Waals surface area contributed by atoms with Gasteiger partial charge in [0.25, 0.3) is 0 Å².